The van der Waals surface area contributed by atoms with E-state index >= 15 is 0 Å². The van der Waals surface area contributed by atoms with Crippen molar-refractivity contribution in [3.63, 3.8) is 0 Å². The van der Waals surface area contributed by atoms with Gasteiger partial charge in [0.2, 0.25) is 5.76 Å². The van der Waals surface area contributed by atoms with Gasteiger partial charge >= 0.3 is 0 Å². The van der Waals surface area contributed by atoms with E-state index in [0.717, 1.165) is 11.1 Å². The maximum atomic E-state index is 13.6. The monoisotopic (exact) mass is 399 g/mol. The Bertz CT molecular complexity index is 1370. The number of amides is 1. The molecule has 0 spiro atoms. The molecular formula is C25H18FNO3. The molecule has 0 bridgehead atoms. The molecule has 5 heteroatoms. The van der Waals surface area contributed by atoms with Crippen LogP contribution in [0, 0.1) is 19.7 Å². The molecule has 1 aliphatic rings. The van der Waals surface area contributed by atoms with E-state index in [0.29, 0.717) is 22.2 Å². The van der Waals surface area contributed by atoms with Crippen LogP contribution >= 0.6 is 0 Å². The minimum Gasteiger partial charge on any atom is -0.450 e. The van der Waals surface area contributed by atoms with Gasteiger partial charge in [0.05, 0.1) is 17.0 Å². The first kappa shape index (κ1) is 18.3. The van der Waals surface area contributed by atoms with Crippen LogP contribution in [0.15, 0.2) is 75.9 Å². The Balaban J connectivity index is 1.81. The summed E-state index contributed by atoms with van der Waals surface area (Å²) in [5.74, 6) is -0.733. The predicted octanol–water partition coefficient (Wildman–Crippen LogP) is 5.30. The number of nitrogens with zero attached hydrogens (tertiary/aromatic N) is 1. The lowest BCUT2D eigenvalue weighted by molar-refractivity contribution is 0.0971. The van der Waals surface area contributed by atoms with Gasteiger partial charge in [0, 0.05) is 5.69 Å². The largest absolute Gasteiger partial charge is 0.450 e. The number of hydrogen-bond acceptors (Lipinski definition) is 3. The molecule has 30 heavy (non-hydrogen) atoms. The Hall–Kier alpha value is -3.73. The van der Waals surface area contributed by atoms with E-state index in [1.807, 2.05) is 32.0 Å². The van der Waals surface area contributed by atoms with Crippen molar-refractivity contribution in [3.8, 4) is 0 Å². The predicted molar refractivity (Wildman–Crippen MR) is 113 cm³/mol. The molecule has 5 rings (SSSR count). The van der Waals surface area contributed by atoms with Crippen molar-refractivity contribution in [1.29, 1.82) is 0 Å². The zero-order valence-corrected chi connectivity index (χ0v) is 16.5. The van der Waals surface area contributed by atoms with Crippen LogP contribution < -0.4 is 10.3 Å². The fourth-order valence-electron chi connectivity index (χ4n) is 4.02. The van der Waals surface area contributed by atoms with E-state index in [-0.39, 0.29) is 28.5 Å². The lowest BCUT2D eigenvalue weighted by Crippen LogP contribution is -2.29. The van der Waals surface area contributed by atoms with Gasteiger partial charge < -0.3 is 4.42 Å². The lowest BCUT2D eigenvalue weighted by atomic mass is 9.98. The van der Waals surface area contributed by atoms with Crippen molar-refractivity contribution in [2.45, 2.75) is 19.9 Å². The molecule has 1 atom stereocenters. The Morgan fingerprint density at radius 1 is 0.900 bits per heavy atom. The van der Waals surface area contributed by atoms with Crippen LogP contribution in [0.1, 0.15) is 38.9 Å². The van der Waals surface area contributed by atoms with E-state index in [2.05, 4.69) is 0 Å². The molecule has 0 radical (unpaired) electrons. The van der Waals surface area contributed by atoms with E-state index in [1.165, 1.54) is 12.1 Å². The molecule has 148 valence electrons. The topological polar surface area (TPSA) is 50.5 Å². The second-order valence-electron chi connectivity index (χ2n) is 7.57. The summed E-state index contributed by atoms with van der Waals surface area (Å²) in [4.78, 5) is 28.4. The zero-order chi connectivity index (χ0) is 21.0. The Morgan fingerprint density at radius 3 is 2.37 bits per heavy atom. The first-order valence-electron chi connectivity index (χ1n) is 9.67. The fourth-order valence-corrected chi connectivity index (χ4v) is 4.02. The normalized spacial score (nSPS) is 15.6. The molecule has 1 aromatic heterocycles. The molecule has 0 N–H and O–H groups in total. The Morgan fingerprint density at radius 2 is 1.63 bits per heavy atom. The minimum absolute atomic E-state index is 0.0336. The second-order valence-corrected chi connectivity index (χ2v) is 7.57. The molecule has 3 aromatic carbocycles. The van der Waals surface area contributed by atoms with E-state index in [9.17, 15) is 14.0 Å². The zero-order valence-electron chi connectivity index (χ0n) is 16.5. The van der Waals surface area contributed by atoms with Gasteiger partial charge in [-0.2, -0.15) is 0 Å². The highest BCUT2D eigenvalue weighted by molar-refractivity contribution is 6.10. The van der Waals surface area contributed by atoms with Crippen LogP contribution in [0.25, 0.3) is 11.0 Å². The quantitative estimate of drug-likeness (QED) is 0.460. The molecule has 0 aliphatic carbocycles. The summed E-state index contributed by atoms with van der Waals surface area (Å²) in [6.07, 6.45) is 0. The van der Waals surface area contributed by atoms with Gasteiger partial charge in [-0.1, -0.05) is 30.3 Å². The number of para-hydroxylation sites is 1. The highest BCUT2D eigenvalue weighted by Gasteiger charge is 2.43. The van der Waals surface area contributed by atoms with Crippen molar-refractivity contribution in [1.82, 2.24) is 0 Å². The van der Waals surface area contributed by atoms with Crippen LogP contribution in [0.2, 0.25) is 0 Å². The number of hydrogen-bond donors (Lipinski definition) is 0. The first-order chi connectivity index (χ1) is 14.5. The number of benzene rings is 3. The van der Waals surface area contributed by atoms with Crippen molar-refractivity contribution < 1.29 is 13.6 Å². The van der Waals surface area contributed by atoms with Gasteiger partial charge in [-0.25, -0.2) is 4.39 Å². The molecule has 0 saturated heterocycles. The minimum atomic E-state index is -0.698. The highest BCUT2D eigenvalue weighted by Crippen LogP contribution is 2.41. The van der Waals surface area contributed by atoms with Gasteiger partial charge in [0.1, 0.15) is 11.4 Å². The molecule has 4 aromatic rings. The smallest absolute Gasteiger partial charge is 0.295 e. The number of carbonyl (C=O) groups is 1. The second kappa shape index (κ2) is 6.66. The molecule has 1 amide bonds. The van der Waals surface area contributed by atoms with Crippen LogP contribution in [0.3, 0.4) is 0 Å². The summed E-state index contributed by atoms with van der Waals surface area (Å²) in [6.45, 7) is 3.96. The molecule has 1 aliphatic heterocycles. The van der Waals surface area contributed by atoms with E-state index in [4.69, 9.17) is 4.42 Å². The fraction of sp³-hybridized carbons (Fsp3) is 0.120. The molecule has 0 fully saturated rings. The number of halogens is 1. The molecule has 0 saturated carbocycles. The van der Waals surface area contributed by atoms with Crippen molar-refractivity contribution in [3.05, 3.63) is 111 Å². The molecule has 4 nitrogen and oxygen atoms in total. The van der Waals surface area contributed by atoms with Crippen LogP contribution in [-0.2, 0) is 0 Å². The summed E-state index contributed by atoms with van der Waals surface area (Å²) in [5, 5.41) is 0.415. The third-order valence-corrected chi connectivity index (χ3v) is 5.73. The highest BCUT2D eigenvalue weighted by atomic mass is 19.1. The van der Waals surface area contributed by atoms with Crippen LogP contribution in [-0.4, -0.2) is 5.91 Å². The number of aryl methyl sites for hydroxylation is 2. The van der Waals surface area contributed by atoms with Gasteiger partial charge in [0.25, 0.3) is 5.91 Å². The van der Waals surface area contributed by atoms with Crippen LogP contribution in [0.4, 0.5) is 10.1 Å². The number of anilines is 1. The molecular weight excluding hydrogens is 381 g/mol. The summed E-state index contributed by atoms with van der Waals surface area (Å²) < 4.78 is 19.5. The summed E-state index contributed by atoms with van der Waals surface area (Å²) in [6, 6.07) is 17.8. The van der Waals surface area contributed by atoms with Crippen molar-refractivity contribution >= 4 is 22.6 Å². The van der Waals surface area contributed by atoms with Crippen LogP contribution in [0.5, 0.6) is 0 Å². The van der Waals surface area contributed by atoms with Gasteiger partial charge in [-0.05, 0) is 66.9 Å². The lowest BCUT2D eigenvalue weighted by Gasteiger charge is -2.26. The van der Waals surface area contributed by atoms with Gasteiger partial charge in [-0.3, -0.25) is 14.5 Å². The average Bonchev–Trinajstić information content (AvgIpc) is 3.04. The standard InChI is InChI=1S/C25H18FNO3/c1-14-7-12-18(13-15(14)2)27-22(16-8-10-17(26)11-9-16)21-23(28)19-5-3-4-6-20(19)30-24(21)25(27)29/h3-13,22H,1-2H3. The summed E-state index contributed by atoms with van der Waals surface area (Å²) in [7, 11) is 0. The number of fused-ring (bicyclic) bond motifs is 2. The molecule has 2 heterocycles. The Kier molecular flexibility index (Phi) is 4.07. The SMILES string of the molecule is Cc1ccc(N2C(=O)c3oc4ccccc4c(=O)c3C2c2ccc(F)cc2)cc1C. The Labute approximate surface area is 172 Å². The first-order valence-corrected chi connectivity index (χ1v) is 9.67. The third-order valence-electron chi connectivity index (χ3n) is 5.73. The van der Waals surface area contributed by atoms with Gasteiger partial charge in [-0.15, -0.1) is 0 Å². The van der Waals surface area contributed by atoms with E-state index in [1.54, 1.807) is 41.3 Å². The third kappa shape index (κ3) is 2.66. The molecule has 1 unspecified atom stereocenters. The maximum absolute atomic E-state index is 13.6. The summed E-state index contributed by atoms with van der Waals surface area (Å²) in [5.41, 5.74) is 3.83. The van der Waals surface area contributed by atoms with E-state index < -0.39 is 6.04 Å². The number of rotatable bonds is 2. The average molecular weight is 399 g/mol. The van der Waals surface area contributed by atoms with Gasteiger partial charge in [0.15, 0.2) is 5.43 Å². The summed E-state index contributed by atoms with van der Waals surface area (Å²) >= 11 is 0. The van der Waals surface area contributed by atoms with Crippen molar-refractivity contribution in [2.75, 3.05) is 4.90 Å². The number of carbonyl (C=O) groups excluding carboxylic acids is 1. The van der Waals surface area contributed by atoms with Crippen molar-refractivity contribution in [2.24, 2.45) is 0 Å². The maximum Gasteiger partial charge on any atom is 0.295 e.